The first-order valence-corrected chi connectivity index (χ1v) is 6.74. The molecule has 3 heteroatoms. The van der Waals surface area contributed by atoms with Gasteiger partial charge in [0.05, 0.1) is 13.0 Å². The lowest BCUT2D eigenvalue weighted by Gasteiger charge is -2.13. The molecule has 0 atom stereocenters. The summed E-state index contributed by atoms with van der Waals surface area (Å²) in [4.78, 5) is 11.0. The van der Waals surface area contributed by atoms with Gasteiger partial charge in [-0.3, -0.25) is 4.79 Å². The standard InChI is InChI=1S/C15H21NO2/c16-15(17)11-13-7-3-4-8-14(13)18-10-9-12-5-1-2-6-12/h3-4,7-8,12H,1-2,5-6,9-11H2,(H2,16,17). The van der Waals surface area contributed by atoms with Gasteiger partial charge in [0.15, 0.2) is 0 Å². The largest absolute Gasteiger partial charge is 0.493 e. The monoisotopic (exact) mass is 247 g/mol. The maximum Gasteiger partial charge on any atom is 0.221 e. The van der Waals surface area contributed by atoms with Crippen molar-refractivity contribution in [3.05, 3.63) is 29.8 Å². The van der Waals surface area contributed by atoms with E-state index in [9.17, 15) is 4.79 Å². The molecule has 0 aliphatic heterocycles. The highest BCUT2D eigenvalue weighted by Crippen LogP contribution is 2.28. The summed E-state index contributed by atoms with van der Waals surface area (Å²) >= 11 is 0. The van der Waals surface area contributed by atoms with Gasteiger partial charge in [0, 0.05) is 5.56 Å². The van der Waals surface area contributed by atoms with Crippen molar-refractivity contribution in [1.82, 2.24) is 0 Å². The first kappa shape index (κ1) is 12.9. The van der Waals surface area contributed by atoms with Crippen LogP contribution in [0.5, 0.6) is 5.75 Å². The van der Waals surface area contributed by atoms with E-state index < -0.39 is 0 Å². The van der Waals surface area contributed by atoms with Crippen molar-refractivity contribution < 1.29 is 9.53 Å². The van der Waals surface area contributed by atoms with Gasteiger partial charge in [-0.15, -0.1) is 0 Å². The number of primary amides is 1. The summed E-state index contributed by atoms with van der Waals surface area (Å²) in [5, 5.41) is 0. The van der Waals surface area contributed by atoms with Gasteiger partial charge in [0.2, 0.25) is 5.91 Å². The molecular formula is C15H21NO2. The zero-order valence-electron chi connectivity index (χ0n) is 10.7. The molecule has 2 N–H and O–H groups in total. The van der Waals surface area contributed by atoms with Crippen molar-refractivity contribution in [2.75, 3.05) is 6.61 Å². The van der Waals surface area contributed by atoms with E-state index in [-0.39, 0.29) is 12.3 Å². The molecule has 0 radical (unpaired) electrons. The van der Waals surface area contributed by atoms with Crippen molar-refractivity contribution in [3.8, 4) is 5.75 Å². The van der Waals surface area contributed by atoms with Crippen molar-refractivity contribution in [1.29, 1.82) is 0 Å². The fraction of sp³-hybridized carbons (Fsp3) is 0.533. The topological polar surface area (TPSA) is 52.3 Å². The third-order valence-electron chi connectivity index (χ3n) is 3.60. The lowest BCUT2D eigenvalue weighted by molar-refractivity contribution is -0.117. The Hall–Kier alpha value is -1.51. The number of rotatable bonds is 6. The van der Waals surface area contributed by atoms with Gasteiger partial charge in [-0.05, 0) is 18.4 Å². The second-order valence-corrected chi connectivity index (χ2v) is 5.04. The van der Waals surface area contributed by atoms with Crippen LogP contribution in [0.25, 0.3) is 0 Å². The van der Waals surface area contributed by atoms with Crippen LogP contribution in [-0.4, -0.2) is 12.5 Å². The van der Waals surface area contributed by atoms with E-state index in [4.69, 9.17) is 10.5 Å². The number of ether oxygens (including phenoxy) is 1. The van der Waals surface area contributed by atoms with E-state index in [0.29, 0.717) is 0 Å². The molecule has 1 amide bonds. The van der Waals surface area contributed by atoms with E-state index in [2.05, 4.69) is 0 Å². The van der Waals surface area contributed by atoms with Gasteiger partial charge in [-0.1, -0.05) is 43.9 Å². The summed E-state index contributed by atoms with van der Waals surface area (Å²) < 4.78 is 5.79. The van der Waals surface area contributed by atoms with Crippen LogP contribution >= 0.6 is 0 Å². The Balaban J connectivity index is 1.85. The van der Waals surface area contributed by atoms with E-state index >= 15 is 0 Å². The fourth-order valence-electron chi connectivity index (χ4n) is 2.61. The maximum atomic E-state index is 11.0. The van der Waals surface area contributed by atoms with Crippen LogP contribution in [0.2, 0.25) is 0 Å². The lowest BCUT2D eigenvalue weighted by Crippen LogP contribution is -2.14. The lowest BCUT2D eigenvalue weighted by atomic mass is 10.1. The summed E-state index contributed by atoms with van der Waals surface area (Å²) in [5.74, 6) is 1.31. The van der Waals surface area contributed by atoms with Gasteiger partial charge in [0.1, 0.15) is 5.75 Å². The minimum Gasteiger partial charge on any atom is -0.493 e. The molecule has 1 aromatic carbocycles. The van der Waals surface area contributed by atoms with Crippen LogP contribution in [0.15, 0.2) is 24.3 Å². The Bertz CT molecular complexity index is 397. The summed E-state index contributed by atoms with van der Waals surface area (Å²) in [7, 11) is 0. The van der Waals surface area contributed by atoms with Gasteiger partial charge in [-0.2, -0.15) is 0 Å². The summed E-state index contributed by atoms with van der Waals surface area (Å²) in [5.41, 5.74) is 6.11. The Labute approximate surface area is 108 Å². The van der Waals surface area contributed by atoms with E-state index in [1.165, 1.54) is 25.7 Å². The summed E-state index contributed by atoms with van der Waals surface area (Å²) in [6, 6.07) is 7.64. The molecule has 0 unspecified atom stereocenters. The smallest absolute Gasteiger partial charge is 0.221 e. The van der Waals surface area contributed by atoms with Crippen LogP contribution in [0.4, 0.5) is 0 Å². The van der Waals surface area contributed by atoms with Crippen LogP contribution in [0, 0.1) is 5.92 Å². The molecule has 0 aromatic heterocycles. The number of carbonyl (C=O) groups excluding carboxylic acids is 1. The molecular weight excluding hydrogens is 226 g/mol. The van der Waals surface area contributed by atoms with E-state index in [1.807, 2.05) is 24.3 Å². The van der Waals surface area contributed by atoms with Gasteiger partial charge in [-0.25, -0.2) is 0 Å². The van der Waals surface area contributed by atoms with Crippen molar-refractivity contribution in [2.45, 2.75) is 38.5 Å². The number of para-hydroxylation sites is 1. The zero-order valence-corrected chi connectivity index (χ0v) is 10.7. The number of amides is 1. The van der Waals surface area contributed by atoms with E-state index in [0.717, 1.165) is 30.3 Å². The first-order chi connectivity index (χ1) is 8.75. The Kier molecular flexibility index (Phi) is 4.62. The Morgan fingerprint density at radius 2 is 2.00 bits per heavy atom. The third-order valence-corrected chi connectivity index (χ3v) is 3.60. The molecule has 0 bridgehead atoms. The van der Waals surface area contributed by atoms with Gasteiger partial charge < -0.3 is 10.5 Å². The van der Waals surface area contributed by atoms with Crippen LogP contribution in [0.1, 0.15) is 37.7 Å². The molecule has 0 heterocycles. The van der Waals surface area contributed by atoms with Crippen molar-refractivity contribution in [2.24, 2.45) is 11.7 Å². The molecule has 1 aliphatic carbocycles. The second kappa shape index (κ2) is 6.43. The normalized spacial score (nSPS) is 15.8. The molecule has 98 valence electrons. The van der Waals surface area contributed by atoms with Crippen LogP contribution in [-0.2, 0) is 11.2 Å². The third kappa shape index (κ3) is 3.76. The van der Waals surface area contributed by atoms with Crippen molar-refractivity contribution >= 4 is 5.91 Å². The molecule has 1 aromatic rings. The molecule has 18 heavy (non-hydrogen) atoms. The predicted octanol–water partition coefficient (Wildman–Crippen LogP) is 2.67. The number of nitrogens with two attached hydrogens (primary N) is 1. The Morgan fingerprint density at radius 3 is 2.72 bits per heavy atom. The molecule has 1 saturated carbocycles. The first-order valence-electron chi connectivity index (χ1n) is 6.74. The average molecular weight is 247 g/mol. The zero-order chi connectivity index (χ0) is 12.8. The summed E-state index contributed by atoms with van der Waals surface area (Å²) in [6.07, 6.45) is 6.77. The SMILES string of the molecule is NC(=O)Cc1ccccc1OCCC1CCCC1. The molecule has 0 saturated heterocycles. The minimum atomic E-state index is -0.318. The molecule has 1 fully saturated rings. The number of hydrogen-bond donors (Lipinski definition) is 1. The summed E-state index contributed by atoms with van der Waals surface area (Å²) in [6.45, 7) is 0.737. The molecule has 1 aliphatic rings. The fourth-order valence-corrected chi connectivity index (χ4v) is 2.61. The van der Waals surface area contributed by atoms with Crippen molar-refractivity contribution in [3.63, 3.8) is 0 Å². The number of hydrogen-bond acceptors (Lipinski definition) is 2. The quantitative estimate of drug-likeness (QED) is 0.840. The van der Waals surface area contributed by atoms with E-state index in [1.54, 1.807) is 0 Å². The number of carbonyl (C=O) groups is 1. The van der Waals surface area contributed by atoms with Crippen LogP contribution in [0.3, 0.4) is 0 Å². The maximum absolute atomic E-state index is 11.0. The Morgan fingerprint density at radius 1 is 1.28 bits per heavy atom. The highest BCUT2D eigenvalue weighted by molar-refractivity contribution is 5.77. The van der Waals surface area contributed by atoms with Crippen LogP contribution < -0.4 is 10.5 Å². The average Bonchev–Trinajstić information content (AvgIpc) is 2.84. The molecule has 3 nitrogen and oxygen atoms in total. The highest BCUT2D eigenvalue weighted by atomic mass is 16.5. The number of benzene rings is 1. The highest BCUT2D eigenvalue weighted by Gasteiger charge is 2.15. The molecule has 2 rings (SSSR count). The van der Waals surface area contributed by atoms with Gasteiger partial charge >= 0.3 is 0 Å². The van der Waals surface area contributed by atoms with Gasteiger partial charge in [0.25, 0.3) is 0 Å². The predicted molar refractivity (Wildman–Crippen MR) is 71.4 cm³/mol. The second-order valence-electron chi connectivity index (χ2n) is 5.04. The minimum absolute atomic E-state index is 0.250. The molecule has 0 spiro atoms.